The standard InChI is InChI=1S/C15H9F6N3O2/c16-14(17,18)10-3-1-2-9(6-10)8-22-23-12-5-4-11(15(19,20)21)7-13(12)24(25)26/h1-8,23H/b22-8-. The van der Waals surface area contributed by atoms with Gasteiger partial charge in [-0.05, 0) is 29.8 Å². The fourth-order valence-corrected chi connectivity index (χ4v) is 1.93. The molecule has 0 radical (unpaired) electrons. The van der Waals surface area contributed by atoms with Crippen LogP contribution in [0.3, 0.4) is 0 Å². The third kappa shape index (κ3) is 4.71. The molecule has 0 aromatic heterocycles. The minimum atomic E-state index is -4.76. The smallest absolute Gasteiger partial charge is 0.272 e. The van der Waals surface area contributed by atoms with E-state index in [2.05, 4.69) is 10.5 Å². The number of anilines is 1. The Hall–Kier alpha value is -3.11. The van der Waals surface area contributed by atoms with Crippen LogP contribution in [0.1, 0.15) is 16.7 Å². The Morgan fingerprint density at radius 3 is 2.15 bits per heavy atom. The maximum atomic E-state index is 12.6. The molecule has 0 spiro atoms. The molecule has 0 atom stereocenters. The Bertz CT molecular complexity index is 846. The van der Waals surface area contributed by atoms with E-state index >= 15 is 0 Å². The van der Waals surface area contributed by atoms with Crippen molar-refractivity contribution in [1.82, 2.24) is 0 Å². The normalized spacial score (nSPS) is 12.4. The molecular weight excluding hydrogens is 368 g/mol. The highest BCUT2D eigenvalue weighted by atomic mass is 19.4. The number of nitrogens with zero attached hydrogens (tertiary/aromatic N) is 2. The van der Waals surface area contributed by atoms with Crippen molar-refractivity contribution >= 4 is 17.6 Å². The maximum absolute atomic E-state index is 12.6. The lowest BCUT2D eigenvalue weighted by Crippen LogP contribution is -2.07. The van der Waals surface area contributed by atoms with Crippen molar-refractivity contribution in [3.05, 3.63) is 69.3 Å². The topological polar surface area (TPSA) is 67.5 Å². The molecule has 2 aromatic rings. The van der Waals surface area contributed by atoms with E-state index in [0.717, 1.165) is 30.5 Å². The third-order valence-electron chi connectivity index (χ3n) is 3.13. The van der Waals surface area contributed by atoms with Crippen LogP contribution in [0.15, 0.2) is 47.6 Å². The number of rotatable bonds is 4. The minimum Gasteiger partial charge on any atom is -0.272 e. The van der Waals surface area contributed by atoms with Gasteiger partial charge in [-0.25, -0.2) is 0 Å². The molecule has 0 saturated heterocycles. The molecule has 2 aromatic carbocycles. The summed E-state index contributed by atoms with van der Waals surface area (Å²) in [6.07, 6.45) is -8.36. The fourth-order valence-electron chi connectivity index (χ4n) is 1.93. The van der Waals surface area contributed by atoms with E-state index in [-0.39, 0.29) is 11.3 Å². The average molecular weight is 377 g/mol. The molecular formula is C15H9F6N3O2. The first-order valence-corrected chi connectivity index (χ1v) is 6.80. The predicted octanol–water partition coefficient (Wildman–Crippen LogP) is 5.08. The van der Waals surface area contributed by atoms with E-state index in [0.29, 0.717) is 12.1 Å². The van der Waals surface area contributed by atoms with E-state index in [9.17, 15) is 36.5 Å². The number of hydrogen-bond acceptors (Lipinski definition) is 4. The Balaban J connectivity index is 2.24. The van der Waals surface area contributed by atoms with Crippen LogP contribution in [-0.4, -0.2) is 11.1 Å². The molecule has 2 rings (SSSR count). The number of hydrogen-bond donors (Lipinski definition) is 1. The molecule has 138 valence electrons. The van der Waals surface area contributed by atoms with E-state index in [1.807, 2.05) is 0 Å². The first kappa shape index (κ1) is 19.2. The van der Waals surface area contributed by atoms with Crippen molar-refractivity contribution in [3.63, 3.8) is 0 Å². The first-order chi connectivity index (χ1) is 12.0. The highest BCUT2D eigenvalue weighted by molar-refractivity contribution is 5.81. The maximum Gasteiger partial charge on any atom is 0.416 e. The minimum absolute atomic E-state index is 0.0434. The van der Waals surface area contributed by atoms with Gasteiger partial charge in [-0.2, -0.15) is 31.4 Å². The van der Waals surface area contributed by atoms with Gasteiger partial charge in [-0.15, -0.1) is 0 Å². The van der Waals surface area contributed by atoms with E-state index in [4.69, 9.17) is 0 Å². The second kappa shape index (κ2) is 7.02. The molecule has 1 N–H and O–H groups in total. The lowest BCUT2D eigenvalue weighted by atomic mass is 10.1. The van der Waals surface area contributed by atoms with E-state index < -0.39 is 34.1 Å². The summed E-state index contributed by atoms with van der Waals surface area (Å²) in [7, 11) is 0. The Kier molecular flexibility index (Phi) is 5.19. The molecule has 0 aliphatic carbocycles. The van der Waals surface area contributed by atoms with Gasteiger partial charge in [-0.1, -0.05) is 12.1 Å². The number of halogens is 6. The molecule has 0 bridgehead atoms. The average Bonchev–Trinajstić information content (AvgIpc) is 2.53. The van der Waals surface area contributed by atoms with Crippen LogP contribution in [-0.2, 0) is 12.4 Å². The summed E-state index contributed by atoms with van der Waals surface area (Å²) >= 11 is 0. The summed E-state index contributed by atoms with van der Waals surface area (Å²) in [5.74, 6) is 0. The number of nitro benzene ring substituents is 1. The molecule has 0 fully saturated rings. The Morgan fingerprint density at radius 2 is 1.58 bits per heavy atom. The van der Waals surface area contributed by atoms with Crippen LogP contribution in [0.5, 0.6) is 0 Å². The number of nitrogens with one attached hydrogen (secondary N) is 1. The molecule has 0 aliphatic rings. The quantitative estimate of drug-likeness (QED) is 0.350. The summed E-state index contributed by atoms with van der Waals surface area (Å²) in [6, 6.07) is 5.87. The van der Waals surface area contributed by atoms with Gasteiger partial charge < -0.3 is 0 Å². The van der Waals surface area contributed by atoms with Crippen molar-refractivity contribution in [2.24, 2.45) is 5.10 Å². The van der Waals surface area contributed by atoms with Gasteiger partial charge in [0.05, 0.1) is 22.3 Å². The molecule has 5 nitrogen and oxygen atoms in total. The zero-order chi connectivity index (χ0) is 19.5. The van der Waals surface area contributed by atoms with Crippen molar-refractivity contribution in [3.8, 4) is 0 Å². The SMILES string of the molecule is O=[N+]([O-])c1cc(C(F)(F)F)ccc1N/N=C\c1cccc(C(F)(F)F)c1. The number of alkyl halides is 6. The predicted molar refractivity (Wildman–Crippen MR) is 80.8 cm³/mol. The van der Waals surface area contributed by atoms with E-state index in [1.54, 1.807) is 0 Å². The molecule has 0 unspecified atom stereocenters. The Morgan fingerprint density at radius 1 is 0.962 bits per heavy atom. The summed E-state index contributed by atoms with van der Waals surface area (Å²) in [4.78, 5) is 9.88. The zero-order valence-electron chi connectivity index (χ0n) is 12.6. The van der Waals surface area contributed by atoms with Crippen LogP contribution < -0.4 is 5.43 Å². The first-order valence-electron chi connectivity index (χ1n) is 6.80. The number of benzene rings is 2. The van der Waals surface area contributed by atoms with Crippen molar-refractivity contribution in [2.45, 2.75) is 12.4 Å². The van der Waals surface area contributed by atoms with Crippen LogP contribution in [0, 0.1) is 10.1 Å². The van der Waals surface area contributed by atoms with Crippen molar-refractivity contribution in [1.29, 1.82) is 0 Å². The number of hydrazone groups is 1. The molecule has 26 heavy (non-hydrogen) atoms. The summed E-state index contributed by atoms with van der Waals surface area (Å²) in [5.41, 5.74) is -1.14. The molecule has 11 heteroatoms. The van der Waals surface area contributed by atoms with Gasteiger partial charge in [0.1, 0.15) is 5.69 Å². The van der Waals surface area contributed by atoms with E-state index in [1.165, 1.54) is 6.07 Å². The van der Waals surface area contributed by atoms with Gasteiger partial charge >= 0.3 is 12.4 Å². The second-order valence-electron chi connectivity index (χ2n) is 4.98. The summed E-state index contributed by atoms with van der Waals surface area (Å²) in [6.45, 7) is 0. The van der Waals surface area contributed by atoms with Crippen LogP contribution in [0.25, 0.3) is 0 Å². The second-order valence-corrected chi connectivity index (χ2v) is 4.98. The molecule has 0 heterocycles. The summed E-state index contributed by atoms with van der Waals surface area (Å²) < 4.78 is 75.6. The van der Waals surface area contributed by atoms with Gasteiger partial charge in [-0.3, -0.25) is 15.5 Å². The van der Waals surface area contributed by atoms with Gasteiger partial charge in [0, 0.05) is 6.07 Å². The lowest BCUT2D eigenvalue weighted by molar-refractivity contribution is -0.384. The number of nitro groups is 1. The molecule has 0 amide bonds. The van der Waals surface area contributed by atoms with Gasteiger partial charge in [0.25, 0.3) is 5.69 Å². The summed E-state index contributed by atoms with van der Waals surface area (Å²) in [5, 5.41) is 14.5. The van der Waals surface area contributed by atoms with Gasteiger partial charge in [0.2, 0.25) is 0 Å². The van der Waals surface area contributed by atoms with Crippen LogP contribution >= 0.6 is 0 Å². The van der Waals surface area contributed by atoms with Crippen LogP contribution in [0.2, 0.25) is 0 Å². The molecule has 0 aliphatic heterocycles. The zero-order valence-corrected chi connectivity index (χ0v) is 12.6. The monoisotopic (exact) mass is 377 g/mol. The highest BCUT2D eigenvalue weighted by Gasteiger charge is 2.33. The Labute approximate surface area is 142 Å². The van der Waals surface area contributed by atoms with Gasteiger partial charge in [0.15, 0.2) is 0 Å². The lowest BCUT2D eigenvalue weighted by Gasteiger charge is -2.08. The largest absolute Gasteiger partial charge is 0.416 e. The van der Waals surface area contributed by atoms with Crippen molar-refractivity contribution < 1.29 is 31.3 Å². The van der Waals surface area contributed by atoms with Crippen LogP contribution in [0.4, 0.5) is 37.7 Å². The third-order valence-corrected chi connectivity index (χ3v) is 3.13. The fraction of sp³-hybridized carbons (Fsp3) is 0.133. The highest BCUT2D eigenvalue weighted by Crippen LogP contribution is 2.35. The molecule has 0 saturated carbocycles. The van der Waals surface area contributed by atoms with Crippen molar-refractivity contribution in [2.75, 3.05) is 5.43 Å².